The lowest BCUT2D eigenvalue weighted by molar-refractivity contribution is 0.0138. The molecule has 1 spiro atoms. The zero-order valence-electron chi connectivity index (χ0n) is 18.8. The van der Waals surface area contributed by atoms with Crippen LogP contribution < -0.4 is 20.9 Å². The third-order valence-electron chi connectivity index (χ3n) is 6.01. The molecular formula is C22H26N4O6S. The number of amides is 1. The molecule has 0 aliphatic carbocycles. The molecule has 0 atom stereocenters. The molecule has 1 amide bonds. The normalized spacial score (nSPS) is 18.5. The summed E-state index contributed by atoms with van der Waals surface area (Å²) in [5, 5.41) is 1.84. The predicted octanol–water partition coefficient (Wildman–Crippen LogP) is 2.34. The second kappa shape index (κ2) is 7.75. The third-order valence-corrected chi connectivity index (χ3v) is 6.78. The highest BCUT2D eigenvalue weighted by atomic mass is 32.2. The number of ether oxygens (including phenoxy) is 3. The minimum Gasteiger partial charge on any atom is -0.454 e. The molecule has 1 saturated heterocycles. The number of benzene rings is 1. The van der Waals surface area contributed by atoms with E-state index in [0.29, 0.717) is 37.4 Å². The van der Waals surface area contributed by atoms with E-state index in [1.165, 1.54) is 20.6 Å². The SMILES string of the molecule is CC(C)(C)OC(=O)N1CCC2(C=CSn3c(=O)n(Cc4ccc5c(c4)OCO5)c(=O)n32)CC1. The Kier molecular flexibility index (Phi) is 5.11. The number of carbonyl (C=O) groups is 1. The lowest BCUT2D eigenvalue weighted by Crippen LogP contribution is -2.53. The van der Waals surface area contributed by atoms with Crippen LogP contribution in [0.25, 0.3) is 0 Å². The second-order valence-electron chi connectivity index (χ2n) is 9.40. The molecule has 33 heavy (non-hydrogen) atoms. The Morgan fingerprint density at radius 2 is 1.85 bits per heavy atom. The number of piperidine rings is 1. The van der Waals surface area contributed by atoms with Crippen molar-refractivity contribution >= 4 is 18.0 Å². The Balaban J connectivity index is 1.41. The molecule has 0 unspecified atom stereocenters. The average molecular weight is 475 g/mol. The maximum absolute atomic E-state index is 13.4. The Hall–Kier alpha value is -3.08. The molecule has 3 aliphatic heterocycles. The summed E-state index contributed by atoms with van der Waals surface area (Å²) in [6, 6.07) is 5.39. The summed E-state index contributed by atoms with van der Waals surface area (Å²) in [5.41, 5.74) is -1.23. The van der Waals surface area contributed by atoms with Crippen LogP contribution in [0, 0.1) is 0 Å². The van der Waals surface area contributed by atoms with Gasteiger partial charge in [0.1, 0.15) is 5.60 Å². The van der Waals surface area contributed by atoms with Crippen molar-refractivity contribution in [1.29, 1.82) is 0 Å². The van der Waals surface area contributed by atoms with Gasteiger partial charge in [0.15, 0.2) is 11.5 Å². The average Bonchev–Trinajstić information content (AvgIpc) is 3.32. The van der Waals surface area contributed by atoms with Gasteiger partial charge in [0.25, 0.3) is 0 Å². The first kappa shape index (κ1) is 21.7. The van der Waals surface area contributed by atoms with Gasteiger partial charge in [-0.2, -0.15) is 4.09 Å². The molecule has 11 heteroatoms. The molecule has 10 nitrogen and oxygen atoms in total. The van der Waals surface area contributed by atoms with Crippen LogP contribution >= 0.6 is 11.9 Å². The lowest BCUT2D eigenvalue weighted by atomic mass is 9.88. The monoisotopic (exact) mass is 474 g/mol. The highest BCUT2D eigenvalue weighted by Gasteiger charge is 2.42. The van der Waals surface area contributed by atoms with Crippen LogP contribution in [0.2, 0.25) is 0 Å². The summed E-state index contributed by atoms with van der Waals surface area (Å²) in [7, 11) is 0. The maximum atomic E-state index is 13.4. The fourth-order valence-corrected chi connectivity index (χ4v) is 5.30. The molecule has 4 heterocycles. The van der Waals surface area contributed by atoms with Gasteiger partial charge in [0, 0.05) is 25.0 Å². The topological polar surface area (TPSA) is 96.9 Å². The van der Waals surface area contributed by atoms with Crippen LogP contribution in [0.4, 0.5) is 4.79 Å². The number of hydrogen-bond acceptors (Lipinski definition) is 7. The molecular weight excluding hydrogens is 448 g/mol. The number of aromatic nitrogens is 3. The molecule has 176 valence electrons. The molecule has 1 aromatic carbocycles. The summed E-state index contributed by atoms with van der Waals surface area (Å²) in [5.74, 6) is 1.25. The van der Waals surface area contributed by atoms with Gasteiger partial charge in [-0.15, -0.1) is 0 Å². The largest absolute Gasteiger partial charge is 0.454 e. The standard InChI is InChI=1S/C22H26N4O6S/c1-21(2,3)32-20(29)23-9-6-22(7-10-23)8-11-33-26-19(28)24(18(27)25(22)26)13-15-4-5-16-17(12-15)31-14-30-16/h4-5,8,11-12H,6-7,9-10,13-14H2,1-3H3. The number of allylic oxidation sites excluding steroid dienone is 1. The van der Waals surface area contributed by atoms with Gasteiger partial charge in [0.2, 0.25) is 6.79 Å². The fourth-order valence-electron chi connectivity index (χ4n) is 4.35. The quantitative estimate of drug-likeness (QED) is 0.659. The number of likely N-dealkylation sites (tertiary alicyclic amines) is 1. The summed E-state index contributed by atoms with van der Waals surface area (Å²) < 4.78 is 20.4. The van der Waals surface area contributed by atoms with Crippen LogP contribution in [0.5, 0.6) is 11.5 Å². The molecule has 0 radical (unpaired) electrons. The molecule has 1 fully saturated rings. The van der Waals surface area contributed by atoms with E-state index in [0.717, 1.165) is 5.56 Å². The Bertz CT molecular complexity index is 1240. The van der Waals surface area contributed by atoms with Gasteiger partial charge >= 0.3 is 17.5 Å². The number of hydrogen-bond donors (Lipinski definition) is 0. The van der Waals surface area contributed by atoms with Crippen molar-refractivity contribution in [2.75, 3.05) is 19.9 Å². The Morgan fingerprint density at radius 1 is 1.12 bits per heavy atom. The number of rotatable bonds is 2. The molecule has 1 aromatic heterocycles. The lowest BCUT2D eigenvalue weighted by Gasteiger charge is -2.41. The van der Waals surface area contributed by atoms with E-state index < -0.39 is 11.1 Å². The third kappa shape index (κ3) is 3.84. The minimum atomic E-state index is -0.667. The molecule has 0 saturated carbocycles. The van der Waals surface area contributed by atoms with E-state index >= 15 is 0 Å². The van der Waals surface area contributed by atoms with Crippen LogP contribution in [-0.2, 0) is 16.8 Å². The van der Waals surface area contributed by atoms with Crippen LogP contribution in [-0.4, -0.2) is 49.8 Å². The zero-order valence-corrected chi connectivity index (χ0v) is 19.6. The van der Waals surface area contributed by atoms with Gasteiger partial charge < -0.3 is 19.1 Å². The molecule has 5 rings (SSSR count). The van der Waals surface area contributed by atoms with E-state index in [4.69, 9.17) is 14.2 Å². The van der Waals surface area contributed by atoms with E-state index in [1.54, 1.807) is 21.7 Å². The maximum Gasteiger partial charge on any atom is 0.410 e. The first-order valence-corrected chi connectivity index (χ1v) is 11.7. The van der Waals surface area contributed by atoms with Gasteiger partial charge in [-0.1, -0.05) is 6.07 Å². The Morgan fingerprint density at radius 3 is 2.58 bits per heavy atom. The van der Waals surface area contributed by atoms with E-state index in [1.807, 2.05) is 38.3 Å². The highest BCUT2D eigenvalue weighted by Crippen LogP contribution is 2.36. The first-order valence-electron chi connectivity index (χ1n) is 10.8. The van der Waals surface area contributed by atoms with Gasteiger partial charge in [0.05, 0.1) is 12.1 Å². The van der Waals surface area contributed by atoms with Crippen molar-refractivity contribution in [3.8, 4) is 11.5 Å². The predicted molar refractivity (Wildman–Crippen MR) is 122 cm³/mol. The van der Waals surface area contributed by atoms with Crippen molar-refractivity contribution in [3.05, 3.63) is 56.2 Å². The van der Waals surface area contributed by atoms with E-state index in [2.05, 4.69) is 0 Å². The highest BCUT2D eigenvalue weighted by molar-refractivity contribution is 8.00. The van der Waals surface area contributed by atoms with Crippen LogP contribution in [0.15, 0.2) is 39.3 Å². The number of nitrogens with zero attached hydrogens (tertiary/aromatic N) is 4. The van der Waals surface area contributed by atoms with Gasteiger partial charge in [-0.25, -0.2) is 23.6 Å². The molecule has 2 aromatic rings. The number of carbonyl (C=O) groups excluding carboxylic acids is 1. The van der Waals surface area contributed by atoms with Crippen molar-refractivity contribution < 1.29 is 19.0 Å². The fraction of sp³-hybridized carbons (Fsp3) is 0.500. The van der Waals surface area contributed by atoms with E-state index in [-0.39, 0.29) is 30.8 Å². The van der Waals surface area contributed by atoms with Gasteiger partial charge in [-0.05, 0) is 62.8 Å². The van der Waals surface area contributed by atoms with Crippen molar-refractivity contribution in [1.82, 2.24) is 18.2 Å². The molecule has 0 N–H and O–H groups in total. The summed E-state index contributed by atoms with van der Waals surface area (Å²) >= 11 is 1.18. The molecule has 0 bridgehead atoms. The van der Waals surface area contributed by atoms with Crippen molar-refractivity contribution in [3.63, 3.8) is 0 Å². The van der Waals surface area contributed by atoms with Crippen molar-refractivity contribution in [2.24, 2.45) is 0 Å². The van der Waals surface area contributed by atoms with Crippen LogP contribution in [0.1, 0.15) is 39.2 Å². The van der Waals surface area contributed by atoms with Crippen molar-refractivity contribution in [2.45, 2.75) is 51.3 Å². The summed E-state index contributed by atoms with van der Waals surface area (Å²) in [4.78, 5) is 40.7. The summed E-state index contributed by atoms with van der Waals surface area (Å²) in [6.45, 7) is 6.64. The summed E-state index contributed by atoms with van der Waals surface area (Å²) in [6.07, 6.45) is 2.63. The van der Waals surface area contributed by atoms with Gasteiger partial charge in [-0.3, -0.25) is 0 Å². The zero-order chi connectivity index (χ0) is 23.4. The second-order valence-corrected chi connectivity index (χ2v) is 10.2. The Labute approximate surface area is 194 Å². The minimum absolute atomic E-state index is 0.127. The number of fused-ring (bicyclic) bond motifs is 3. The molecule has 3 aliphatic rings. The smallest absolute Gasteiger partial charge is 0.410 e. The van der Waals surface area contributed by atoms with E-state index in [9.17, 15) is 14.4 Å². The first-order chi connectivity index (χ1) is 15.7. The van der Waals surface area contributed by atoms with Crippen LogP contribution in [0.3, 0.4) is 0 Å².